The average molecular weight is 298 g/mol. The highest BCUT2D eigenvalue weighted by atomic mass is 16.5. The summed E-state index contributed by atoms with van der Waals surface area (Å²) in [5.41, 5.74) is 1.61. The molecule has 1 amide bonds. The summed E-state index contributed by atoms with van der Waals surface area (Å²) in [6, 6.07) is 10.9. The zero-order valence-electron chi connectivity index (χ0n) is 12.4. The highest BCUT2D eigenvalue weighted by Gasteiger charge is 2.31. The molecule has 1 aliphatic heterocycles. The van der Waals surface area contributed by atoms with Crippen LogP contribution in [0.25, 0.3) is 0 Å². The molecule has 0 aliphatic carbocycles. The van der Waals surface area contributed by atoms with Crippen molar-refractivity contribution in [3.05, 3.63) is 59.9 Å². The third-order valence-corrected chi connectivity index (χ3v) is 3.77. The Bertz CT molecular complexity index is 645. The molecule has 5 nitrogen and oxygen atoms in total. The normalized spacial score (nSPS) is 20.6. The van der Waals surface area contributed by atoms with Crippen molar-refractivity contribution in [2.45, 2.75) is 18.6 Å². The largest absolute Gasteiger partial charge is 0.497 e. The van der Waals surface area contributed by atoms with E-state index in [1.807, 2.05) is 18.2 Å². The number of amides is 1. The molecule has 2 atom stereocenters. The molecule has 5 heteroatoms. The first-order chi connectivity index (χ1) is 10.8. The minimum Gasteiger partial charge on any atom is -0.497 e. The predicted molar refractivity (Wildman–Crippen MR) is 81.8 cm³/mol. The molecular weight excluding hydrogens is 280 g/mol. The minimum atomic E-state index is -0.127. The first-order valence-corrected chi connectivity index (χ1v) is 7.24. The maximum Gasteiger partial charge on any atom is 0.251 e. The first kappa shape index (κ1) is 14.5. The van der Waals surface area contributed by atoms with Crippen LogP contribution < -0.4 is 10.1 Å². The maximum absolute atomic E-state index is 12.4. The number of methoxy groups -OCH3 is 1. The summed E-state index contributed by atoms with van der Waals surface area (Å²) in [6.45, 7) is 0.635. The number of aromatic nitrogens is 1. The zero-order chi connectivity index (χ0) is 15.4. The lowest BCUT2D eigenvalue weighted by atomic mass is 10.0. The summed E-state index contributed by atoms with van der Waals surface area (Å²) in [7, 11) is 1.58. The van der Waals surface area contributed by atoms with Crippen LogP contribution in [0.4, 0.5) is 0 Å². The molecule has 0 saturated carbocycles. The molecular formula is C17H18N2O3. The fourth-order valence-corrected chi connectivity index (χ4v) is 2.64. The van der Waals surface area contributed by atoms with Crippen LogP contribution in [0.1, 0.15) is 28.4 Å². The minimum absolute atomic E-state index is 0.0406. The number of ether oxygens (including phenoxy) is 2. The summed E-state index contributed by atoms with van der Waals surface area (Å²) in [4.78, 5) is 16.4. The van der Waals surface area contributed by atoms with Gasteiger partial charge in [0.1, 0.15) is 11.9 Å². The Labute approximate surface area is 129 Å². The van der Waals surface area contributed by atoms with Gasteiger partial charge in [0.05, 0.1) is 13.2 Å². The van der Waals surface area contributed by atoms with Crippen LogP contribution in [0.3, 0.4) is 0 Å². The van der Waals surface area contributed by atoms with E-state index < -0.39 is 0 Å². The Balaban J connectivity index is 1.72. The van der Waals surface area contributed by atoms with Crippen LogP contribution in [-0.2, 0) is 4.74 Å². The van der Waals surface area contributed by atoms with Gasteiger partial charge in [-0.1, -0.05) is 6.07 Å². The van der Waals surface area contributed by atoms with Gasteiger partial charge in [-0.3, -0.25) is 9.78 Å². The number of pyridine rings is 1. The summed E-state index contributed by atoms with van der Waals surface area (Å²) in [5.74, 6) is 0.550. The summed E-state index contributed by atoms with van der Waals surface area (Å²) in [6.07, 6.45) is 4.14. The van der Waals surface area contributed by atoms with E-state index in [2.05, 4.69) is 10.3 Å². The predicted octanol–water partition coefficient (Wildman–Crippen LogP) is 2.35. The van der Waals surface area contributed by atoms with Gasteiger partial charge in [0.15, 0.2) is 0 Å². The summed E-state index contributed by atoms with van der Waals surface area (Å²) in [5, 5.41) is 3.06. The van der Waals surface area contributed by atoms with Gasteiger partial charge in [-0.05, 0) is 42.3 Å². The Morgan fingerprint density at radius 1 is 1.32 bits per heavy atom. The number of hydrogen-bond acceptors (Lipinski definition) is 4. The van der Waals surface area contributed by atoms with Gasteiger partial charge in [0.2, 0.25) is 0 Å². The molecule has 22 heavy (non-hydrogen) atoms. The SMILES string of the molecule is COc1cccc(C(=O)N[C@H]2CCO[C@@H]2c2ccncc2)c1. The highest BCUT2D eigenvalue weighted by Crippen LogP contribution is 2.29. The number of nitrogens with one attached hydrogen (secondary N) is 1. The van der Waals surface area contributed by atoms with E-state index in [0.717, 1.165) is 12.0 Å². The van der Waals surface area contributed by atoms with Crippen LogP contribution in [-0.4, -0.2) is 30.6 Å². The molecule has 1 N–H and O–H groups in total. The monoisotopic (exact) mass is 298 g/mol. The Morgan fingerprint density at radius 2 is 2.14 bits per heavy atom. The third-order valence-electron chi connectivity index (χ3n) is 3.77. The summed E-state index contributed by atoms with van der Waals surface area (Å²) < 4.78 is 10.9. The molecule has 0 unspecified atom stereocenters. The number of nitrogens with zero attached hydrogens (tertiary/aromatic N) is 1. The van der Waals surface area contributed by atoms with E-state index >= 15 is 0 Å². The molecule has 1 aliphatic rings. The number of carbonyl (C=O) groups is 1. The fraction of sp³-hybridized carbons (Fsp3) is 0.294. The molecule has 1 fully saturated rings. The number of carbonyl (C=O) groups excluding carboxylic acids is 1. The van der Waals surface area contributed by atoms with Crippen molar-refractivity contribution in [2.24, 2.45) is 0 Å². The standard InChI is InChI=1S/C17H18N2O3/c1-21-14-4-2-3-13(11-14)17(20)19-15-7-10-22-16(15)12-5-8-18-9-6-12/h2-6,8-9,11,15-16H,7,10H2,1H3,(H,19,20)/t15-,16+/m0/s1. The van der Waals surface area contributed by atoms with Crippen LogP contribution in [0.15, 0.2) is 48.8 Å². The number of benzene rings is 1. The maximum atomic E-state index is 12.4. The zero-order valence-corrected chi connectivity index (χ0v) is 12.4. The third kappa shape index (κ3) is 3.09. The van der Waals surface area contributed by atoms with Gasteiger partial charge >= 0.3 is 0 Å². The first-order valence-electron chi connectivity index (χ1n) is 7.24. The Morgan fingerprint density at radius 3 is 2.91 bits per heavy atom. The molecule has 1 aromatic heterocycles. The molecule has 1 aromatic carbocycles. The van der Waals surface area contributed by atoms with Crippen molar-refractivity contribution in [2.75, 3.05) is 13.7 Å². The van der Waals surface area contributed by atoms with Crippen molar-refractivity contribution in [1.82, 2.24) is 10.3 Å². The molecule has 0 radical (unpaired) electrons. The quantitative estimate of drug-likeness (QED) is 0.941. The second-order valence-electron chi connectivity index (χ2n) is 5.17. The van der Waals surface area contributed by atoms with Crippen molar-refractivity contribution in [3.8, 4) is 5.75 Å². The highest BCUT2D eigenvalue weighted by molar-refractivity contribution is 5.94. The number of rotatable bonds is 4. The van der Waals surface area contributed by atoms with Crippen LogP contribution >= 0.6 is 0 Å². The molecule has 1 saturated heterocycles. The lowest BCUT2D eigenvalue weighted by Crippen LogP contribution is -2.36. The van der Waals surface area contributed by atoms with E-state index in [-0.39, 0.29) is 18.1 Å². The topological polar surface area (TPSA) is 60.5 Å². The van der Waals surface area contributed by atoms with Gasteiger partial charge in [0.25, 0.3) is 5.91 Å². The van der Waals surface area contributed by atoms with Gasteiger partial charge in [-0.2, -0.15) is 0 Å². The van der Waals surface area contributed by atoms with Crippen LogP contribution in [0, 0.1) is 0 Å². The van der Waals surface area contributed by atoms with E-state index in [1.54, 1.807) is 37.7 Å². The molecule has 2 aromatic rings. The van der Waals surface area contributed by atoms with Crippen LogP contribution in [0.5, 0.6) is 5.75 Å². The van der Waals surface area contributed by atoms with Crippen molar-refractivity contribution >= 4 is 5.91 Å². The molecule has 3 rings (SSSR count). The van der Waals surface area contributed by atoms with Crippen molar-refractivity contribution in [3.63, 3.8) is 0 Å². The van der Waals surface area contributed by atoms with Gasteiger partial charge in [-0.15, -0.1) is 0 Å². The summed E-state index contributed by atoms with van der Waals surface area (Å²) >= 11 is 0. The smallest absolute Gasteiger partial charge is 0.251 e. The second-order valence-corrected chi connectivity index (χ2v) is 5.17. The average Bonchev–Trinajstić information content (AvgIpc) is 3.04. The van der Waals surface area contributed by atoms with Gasteiger partial charge in [-0.25, -0.2) is 0 Å². The second kappa shape index (κ2) is 6.58. The Kier molecular flexibility index (Phi) is 4.34. The fourth-order valence-electron chi connectivity index (χ4n) is 2.64. The lowest BCUT2D eigenvalue weighted by molar-refractivity contribution is 0.0821. The van der Waals surface area contributed by atoms with E-state index in [0.29, 0.717) is 17.9 Å². The van der Waals surface area contributed by atoms with Crippen LogP contribution in [0.2, 0.25) is 0 Å². The lowest BCUT2D eigenvalue weighted by Gasteiger charge is -2.20. The van der Waals surface area contributed by atoms with Crippen molar-refractivity contribution < 1.29 is 14.3 Å². The molecule has 0 spiro atoms. The molecule has 2 heterocycles. The molecule has 114 valence electrons. The van der Waals surface area contributed by atoms with Gasteiger partial charge < -0.3 is 14.8 Å². The Hall–Kier alpha value is -2.40. The van der Waals surface area contributed by atoms with E-state index in [9.17, 15) is 4.79 Å². The van der Waals surface area contributed by atoms with Crippen molar-refractivity contribution in [1.29, 1.82) is 0 Å². The molecule has 0 bridgehead atoms. The van der Waals surface area contributed by atoms with E-state index in [1.165, 1.54) is 0 Å². The van der Waals surface area contributed by atoms with E-state index in [4.69, 9.17) is 9.47 Å². The van der Waals surface area contributed by atoms with Gasteiger partial charge in [0, 0.05) is 24.6 Å². The number of hydrogen-bond donors (Lipinski definition) is 1.